The lowest BCUT2D eigenvalue weighted by molar-refractivity contribution is -0.0661. The molecule has 1 N–H and O–H groups in total. The van der Waals surface area contributed by atoms with Gasteiger partial charge >= 0.3 is 0 Å². The topological polar surface area (TPSA) is 87.9 Å². The summed E-state index contributed by atoms with van der Waals surface area (Å²) in [7, 11) is 0.861. The Balaban J connectivity index is 1.51. The van der Waals surface area contributed by atoms with Crippen LogP contribution < -0.4 is 4.90 Å². The number of nitriles is 1. The van der Waals surface area contributed by atoms with E-state index in [0.717, 1.165) is 32.2 Å². The van der Waals surface area contributed by atoms with Crippen LogP contribution in [0.5, 0.6) is 0 Å². The molecular weight excluding hydrogens is 484 g/mol. The molecule has 3 fully saturated rings. The Kier molecular flexibility index (Phi) is 6.86. The third-order valence-electron chi connectivity index (χ3n) is 9.31. The number of benzene rings is 2. The van der Waals surface area contributed by atoms with Gasteiger partial charge in [0.2, 0.25) is 0 Å². The Morgan fingerprint density at radius 1 is 1.08 bits per heavy atom. The molecule has 1 unspecified atom stereocenters. The van der Waals surface area contributed by atoms with Gasteiger partial charge in [-0.25, -0.2) is 8.42 Å². The lowest BCUT2D eigenvalue weighted by Crippen LogP contribution is -2.57. The summed E-state index contributed by atoms with van der Waals surface area (Å²) >= 11 is 0. The van der Waals surface area contributed by atoms with Gasteiger partial charge in [0.1, 0.15) is 6.07 Å². The highest BCUT2D eigenvalue weighted by molar-refractivity contribution is 7.90. The first-order chi connectivity index (χ1) is 17.6. The molecule has 3 aliphatic rings. The predicted molar refractivity (Wildman–Crippen MR) is 145 cm³/mol. The van der Waals surface area contributed by atoms with Gasteiger partial charge in [0.15, 0.2) is 16.2 Å². The van der Waals surface area contributed by atoms with E-state index >= 15 is 0 Å². The normalized spacial score (nSPS) is 29.0. The van der Waals surface area contributed by atoms with E-state index in [1.807, 2.05) is 4.90 Å². The van der Waals surface area contributed by atoms with Gasteiger partial charge in [0.25, 0.3) is 0 Å². The van der Waals surface area contributed by atoms with Crippen LogP contribution in [0.3, 0.4) is 0 Å². The second kappa shape index (κ2) is 9.70. The minimum absolute atomic E-state index is 0.0684. The summed E-state index contributed by atoms with van der Waals surface area (Å²) in [6.07, 6.45) is 7.61. The van der Waals surface area contributed by atoms with Crippen LogP contribution in [0, 0.1) is 17.2 Å². The standard InChI is InChI=1S/C29H38N4O3S/c1-31(2)29(24-10-5-4-6-11-24)16-14-28(15-17-29)21-32(27(34)33(28)20-22-8-7-9-22)26-18-25(37(3,35)36)13-12-23(26)19-30/h4-6,10-13,18,22,27,34H,7-9,14-17,20-21H2,1-3H3/t27?,28-,29+. The van der Waals surface area contributed by atoms with Crippen LogP contribution in [-0.2, 0) is 15.4 Å². The first-order valence-corrected chi connectivity index (χ1v) is 15.2. The average Bonchev–Trinajstić information content (AvgIpc) is 3.12. The average molecular weight is 523 g/mol. The molecule has 7 nitrogen and oxygen atoms in total. The van der Waals surface area contributed by atoms with Crippen LogP contribution >= 0.6 is 0 Å². The molecule has 1 saturated heterocycles. The van der Waals surface area contributed by atoms with Crippen molar-refractivity contribution in [2.75, 3.05) is 38.3 Å². The molecule has 0 aromatic heterocycles. The van der Waals surface area contributed by atoms with Crippen molar-refractivity contribution in [3.63, 3.8) is 0 Å². The number of anilines is 1. The number of hydrogen-bond donors (Lipinski definition) is 1. The van der Waals surface area contributed by atoms with Gasteiger partial charge in [0.05, 0.1) is 16.1 Å². The van der Waals surface area contributed by atoms with Crippen molar-refractivity contribution in [3.05, 3.63) is 59.7 Å². The number of rotatable bonds is 6. The van der Waals surface area contributed by atoms with Gasteiger partial charge in [-0.1, -0.05) is 36.8 Å². The maximum Gasteiger partial charge on any atom is 0.187 e. The van der Waals surface area contributed by atoms with Crippen LogP contribution in [-0.4, -0.2) is 68.7 Å². The SMILES string of the molecule is CN(C)[C@]1(c2ccccc2)CC[C@]2(CC1)CN(c1cc(S(C)(=O)=O)ccc1C#N)C(O)N2CC1CCC1. The summed E-state index contributed by atoms with van der Waals surface area (Å²) < 4.78 is 24.6. The summed E-state index contributed by atoms with van der Waals surface area (Å²) in [6, 6.07) is 17.5. The summed E-state index contributed by atoms with van der Waals surface area (Å²) in [5.74, 6) is 0.568. The first-order valence-electron chi connectivity index (χ1n) is 13.3. The Hall–Kier alpha value is -2.44. The van der Waals surface area contributed by atoms with Crippen LogP contribution in [0.1, 0.15) is 56.1 Å². The summed E-state index contributed by atoms with van der Waals surface area (Å²) in [4.78, 5) is 6.66. The smallest absolute Gasteiger partial charge is 0.187 e. The summed E-state index contributed by atoms with van der Waals surface area (Å²) in [6.45, 7) is 1.40. The molecular formula is C29H38N4O3S. The third kappa shape index (κ3) is 4.57. The van der Waals surface area contributed by atoms with E-state index in [1.165, 1.54) is 37.1 Å². The van der Waals surface area contributed by atoms with Gasteiger partial charge in [-0.2, -0.15) is 5.26 Å². The monoisotopic (exact) mass is 522 g/mol. The van der Waals surface area contributed by atoms with E-state index in [-0.39, 0.29) is 16.0 Å². The molecule has 5 rings (SSSR count). The number of nitrogens with zero attached hydrogens (tertiary/aromatic N) is 4. The fourth-order valence-corrected chi connectivity index (χ4v) is 7.39. The Morgan fingerprint density at radius 3 is 2.30 bits per heavy atom. The van der Waals surface area contributed by atoms with E-state index < -0.39 is 16.2 Å². The lowest BCUT2D eigenvalue weighted by atomic mass is 9.68. The van der Waals surface area contributed by atoms with Crippen molar-refractivity contribution < 1.29 is 13.5 Å². The molecule has 2 aliphatic carbocycles. The molecule has 0 amide bonds. The van der Waals surface area contributed by atoms with Gasteiger partial charge in [-0.3, -0.25) is 9.80 Å². The molecule has 1 heterocycles. The van der Waals surface area contributed by atoms with E-state index in [0.29, 0.717) is 23.7 Å². The molecule has 2 aromatic rings. The van der Waals surface area contributed by atoms with Crippen LogP contribution in [0.4, 0.5) is 5.69 Å². The zero-order chi connectivity index (χ0) is 26.4. The molecule has 2 saturated carbocycles. The van der Waals surface area contributed by atoms with Gasteiger partial charge in [-0.15, -0.1) is 0 Å². The van der Waals surface area contributed by atoms with Gasteiger partial charge in [-0.05, 0) is 82.3 Å². The molecule has 1 atom stereocenters. The molecule has 1 spiro atoms. The zero-order valence-electron chi connectivity index (χ0n) is 22.1. The van der Waals surface area contributed by atoms with E-state index in [4.69, 9.17) is 0 Å². The summed E-state index contributed by atoms with van der Waals surface area (Å²) in [5, 5.41) is 21.6. The number of aliphatic hydroxyl groups excluding tert-OH is 1. The van der Waals surface area contributed by atoms with Crippen molar-refractivity contribution in [1.29, 1.82) is 5.26 Å². The van der Waals surface area contributed by atoms with Crippen molar-refractivity contribution in [2.45, 2.75) is 67.3 Å². The molecule has 2 aromatic carbocycles. The molecule has 198 valence electrons. The van der Waals surface area contributed by atoms with Gasteiger partial charge in [0, 0.05) is 30.4 Å². The fourth-order valence-electron chi connectivity index (χ4n) is 6.74. The van der Waals surface area contributed by atoms with Crippen molar-refractivity contribution in [3.8, 4) is 6.07 Å². The maximum atomic E-state index is 12.3. The molecule has 8 heteroatoms. The second-order valence-electron chi connectivity index (χ2n) is 11.5. The molecule has 0 bridgehead atoms. The van der Waals surface area contributed by atoms with Crippen molar-refractivity contribution in [2.24, 2.45) is 5.92 Å². The van der Waals surface area contributed by atoms with E-state index in [9.17, 15) is 18.8 Å². The lowest BCUT2D eigenvalue weighted by Gasteiger charge is -2.52. The minimum atomic E-state index is -3.45. The highest BCUT2D eigenvalue weighted by Crippen LogP contribution is 2.51. The van der Waals surface area contributed by atoms with Crippen LogP contribution in [0.2, 0.25) is 0 Å². The first kappa shape index (κ1) is 26.2. The van der Waals surface area contributed by atoms with E-state index in [1.54, 1.807) is 12.1 Å². The predicted octanol–water partition coefficient (Wildman–Crippen LogP) is 3.93. The molecule has 1 aliphatic heterocycles. The second-order valence-corrected chi connectivity index (χ2v) is 13.5. The number of aliphatic hydroxyl groups is 1. The maximum absolute atomic E-state index is 12.3. The Labute approximate surface area is 221 Å². The number of sulfone groups is 1. The van der Waals surface area contributed by atoms with Crippen LogP contribution in [0.25, 0.3) is 0 Å². The zero-order valence-corrected chi connectivity index (χ0v) is 22.9. The molecule has 37 heavy (non-hydrogen) atoms. The Morgan fingerprint density at radius 2 is 1.76 bits per heavy atom. The van der Waals surface area contributed by atoms with Crippen LogP contribution in [0.15, 0.2) is 53.4 Å². The van der Waals surface area contributed by atoms with Crippen molar-refractivity contribution >= 4 is 15.5 Å². The minimum Gasteiger partial charge on any atom is -0.361 e. The highest BCUT2D eigenvalue weighted by Gasteiger charge is 2.55. The van der Waals surface area contributed by atoms with Crippen molar-refractivity contribution in [1.82, 2.24) is 9.80 Å². The fraction of sp³-hybridized carbons (Fsp3) is 0.552. The van der Waals surface area contributed by atoms with Gasteiger partial charge < -0.3 is 10.0 Å². The summed E-state index contributed by atoms with van der Waals surface area (Å²) in [5.41, 5.74) is 1.90. The largest absolute Gasteiger partial charge is 0.361 e. The van der Waals surface area contributed by atoms with E-state index in [2.05, 4.69) is 60.3 Å². The molecule has 0 radical (unpaired) electrons. The highest BCUT2D eigenvalue weighted by atomic mass is 32.2. The Bertz CT molecular complexity index is 1280. The third-order valence-corrected chi connectivity index (χ3v) is 10.4. The number of hydrogen-bond acceptors (Lipinski definition) is 7. The quantitative estimate of drug-likeness (QED) is 0.615.